The van der Waals surface area contributed by atoms with E-state index >= 15 is 0 Å². The van der Waals surface area contributed by atoms with Gasteiger partial charge in [-0.2, -0.15) is 0 Å². The maximum atomic E-state index is 10.6. The third-order valence-electron chi connectivity index (χ3n) is 2.33. The molecule has 1 aliphatic heterocycles. The fourth-order valence-electron chi connectivity index (χ4n) is 1.64. The summed E-state index contributed by atoms with van der Waals surface area (Å²) in [5, 5.41) is 17.3. The molecule has 0 atom stereocenters. The zero-order valence-electron chi connectivity index (χ0n) is 8.31. The van der Waals surface area contributed by atoms with Gasteiger partial charge >= 0.3 is 11.9 Å². The monoisotopic (exact) mass is 214 g/mol. The van der Waals surface area contributed by atoms with Gasteiger partial charge in [0.15, 0.2) is 0 Å². The van der Waals surface area contributed by atoms with Crippen molar-refractivity contribution in [1.29, 1.82) is 0 Å². The molecule has 0 unspecified atom stereocenters. The summed E-state index contributed by atoms with van der Waals surface area (Å²) in [6.07, 6.45) is 2.76. The van der Waals surface area contributed by atoms with Gasteiger partial charge in [-0.3, -0.25) is 9.59 Å². The Morgan fingerprint density at radius 2 is 1.93 bits per heavy atom. The van der Waals surface area contributed by atoms with E-state index in [-0.39, 0.29) is 12.8 Å². The van der Waals surface area contributed by atoms with Crippen molar-refractivity contribution in [2.75, 3.05) is 6.61 Å². The molecule has 2 N–H and O–H groups in total. The Labute approximate surface area is 87.4 Å². The zero-order valence-corrected chi connectivity index (χ0v) is 8.31. The number of carbonyl (C=O) groups is 2. The van der Waals surface area contributed by atoms with Crippen molar-refractivity contribution in [3.63, 3.8) is 0 Å². The van der Waals surface area contributed by atoms with Gasteiger partial charge in [-0.15, -0.1) is 0 Å². The molecule has 0 aromatic heterocycles. The summed E-state index contributed by atoms with van der Waals surface area (Å²) in [7, 11) is 0. The highest BCUT2D eigenvalue weighted by Crippen LogP contribution is 2.26. The Morgan fingerprint density at radius 1 is 1.33 bits per heavy atom. The lowest BCUT2D eigenvalue weighted by molar-refractivity contribution is -0.140. The number of carboxylic acids is 2. The van der Waals surface area contributed by atoms with E-state index in [1.807, 2.05) is 0 Å². The molecule has 5 nitrogen and oxygen atoms in total. The van der Waals surface area contributed by atoms with Crippen molar-refractivity contribution in [3.8, 4) is 0 Å². The first-order valence-corrected chi connectivity index (χ1v) is 4.83. The van der Waals surface area contributed by atoms with Gasteiger partial charge in [0.2, 0.25) is 0 Å². The van der Waals surface area contributed by atoms with Crippen LogP contribution in [0.2, 0.25) is 0 Å². The van der Waals surface area contributed by atoms with Gasteiger partial charge in [-0.25, -0.2) is 0 Å². The third-order valence-corrected chi connectivity index (χ3v) is 2.33. The molecule has 0 bridgehead atoms. The molecule has 1 rings (SSSR count). The average molecular weight is 214 g/mol. The largest absolute Gasteiger partial charge is 0.501 e. The first-order chi connectivity index (χ1) is 7.09. The highest BCUT2D eigenvalue weighted by molar-refractivity contribution is 5.71. The van der Waals surface area contributed by atoms with Crippen LogP contribution < -0.4 is 0 Å². The molecule has 0 fully saturated rings. The van der Waals surface area contributed by atoms with Crippen LogP contribution in [0.15, 0.2) is 11.8 Å². The molecule has 84 valence electrons. The van der Waals surface area contributed by atoms with Crippen LogP contribution >= 0.6 is 0 Å². The minimum Gasteiger partial charge on any atom is -0.501 e. The van der Waals surface area contributed by atoms with Crippen molar-refractivity contribution < 1.29 is 24.5 Å². The minimum absolute atomic E-state index is 0.151. The molecular weight excluding hydrogens is 200 g/mol. The molecule has 1 aliphatic rings. The zero-order chi connectivity index (χ0) is 11.3. The van der Waals surface area contributed by atoms with E-state index in [1.165, 1.54) is 6.26 Å². The summed E-state index contributed by atoms with van der Waals surface area (Å²) in [5.74, 6) is -2.40. The highest BCUT2D eigenvalue weighted by Gasteiger charge is 2.22. The van der Waals surface area contributed by atoms with E-state index in [1.54, 1.807) is 0 Å². The summed E-state index contributed by atoms with van der Waals surface area (Å²) < 4.78 is 5.08. The van der Waals surface area contributed by atoms with Gasteiger partial charge in [-0.05, 0) is 18.4 Å². The Hall–Kier alpha value is -1.52. The standard InChI is InChI=1S/C10H14O5/c11-9(12)4-8(5-10(13)14)7-2-1-3-15-6-7/h6,8H,1-5H2,(H,11,12)(H,13,14). The van der Waals surface area contributed by atoms with Crippen LogP contribution in [0.5, 0.6) is 0 Å². The van der Waals surface area contributed by atoms with Gasteiger partial charge < -0.3 is 14.9 Å². The van der Waals surface area contributed by atoms with Crippen molar-refractivity contribution in [2.24, 2.45) is 5.92 Å². The molecule has 0 aromatic rings. The topological polar surface area (TPSA) is 83.8 Å². The number of ether oxygens (including phenoxy) is 1. The number of carboxylic acid groups (broad SMARTS) is 2. The Balaban J connectivity index is 2.65. The highest BCUT2D eigenvalue weighted by atomic mass is 16.5. The van der Waals surface area contributed by atoms with Gasteiger partial charge in [0, 0.05) is 5.92 Å². The second-order valence-electron chi connectivity index (χ2n) is 3.56. The van der Waals surface area contributed by atoms with Crippen LogP contribution in [0.3, 0.4) is 0 Å². The Morgan fingerprint density at radius 3 is 2.33 bits per heavy atom. The molecule has 0 spiro atoms. The van der Waals surface area contributed by atoms with Gasteiger partial charge in [0.05, 0.1) is 25.7 Å². The van der Waals surface area contributed by atoms with Gasteiger partial charge in [0.1, 0.15) is 0 Å². The fraction of sp³-hybridized carbons (Fsp3) is 0.600. The van der Waals surface area contributed by atoms with Crippen LogP contribution in [-0.4, -0.2) is 28.8 Å². The fourth-order valence-corrected chi connectivity index (χ4v) is 1.64. The number of allylic oxidation sites excluding steroid dienone is 1. The molecule has 1 heterocycles. The summed E-state index contributed by atoms with van der Waals surface area (Å²) >= 11 is 0. The first kappa shape index (κ1) is 11.6. The molecular formula is C10H14O5. The lowest BCUT2D eigenvalue weighted by atomic mass is 9.89. The average Bonchev–Trinajstić information content (AvgIpc) is 2.17. The molecule has 0 amide bonds. The Bertz CT molecular complexity index is 266. The second kappa shape index (κ2) is 5.38. The quantitative estimate of drug-likeness (QED) is 0.719. The molecule has 15 heavy (non-hydrogen) atoms. The van der Waals surface area contributed by atoms with Crippen LogP contribution in [0.1, 0.15) is 25.7 Å². The number of hydrogen-bond acceptors (Lipinski definition) is 3. The normalized spacial score (nSPS) is 15.7. The SMILES string of the molecule is O=C(O)CC(CC(=O)O)C1=COCCC1. The van der Waals surface area contributed by atoms with Gasteiger partial charge in [0.25, 0.3) is 0 Å². The lowest BCUT2D eigenvalue weighted by Crippen LogP contribution is -2.17. The van der Waals surface area contributed by atoms with E-state index in [0.29, 0.717) is 6.61 Å². The summed E-state index contributed by atoms with van der Waals surface area (Å²) in [4.78, 5) is 21.1. The molecule has 0 aromatic carbocycles. The van der Waals surface area contributed by atoms with Crippen molar-refractivity contribution >= 4 is 11.9 Å². The summed E-state index contributed by atoms with van der Waals surface area (Å²) in [5.41, 5.74) is 0.797. The van der Waals surface area contributed by atoms with Crippen molar-refractivity contribution in [1.82, 2.24) is 0 Å². The van der Waals surface area contributed by atoms with E-state index < -0.39 is 17.9 Å². The maximum absolute atomic E-state index is 10.6. The van der Waals surface area contributed by atoms with Gasteiger partial charge in [-0.1, -0.05) is 0 Å². The number of rotatable bonds is 5. The minimum atomic E-state index is -0.979. The summed E-state index contributed by atoms with van der Waals surface area (Å²) in [6, 6.07) is 0. The predicted molar refractivity (Wildman–Crippen MR) is 51.3 cm³/mol. The van der Waals surface area contributed by atoms with E-state index in [4.69, 9.17) is 14.9 Å². The second-order valence-corrected chi connectivity index (χ2v) is 3.56. The molecule has 0 saturated carbocycles. The Kier molecular flexibility index (Phi) is 4.15. The van der Waals surface area contributed by atoms with E-state index in [9.17, 15) is 9.59 Å². The lowest BCUT2D eigenvalue weighted by Gasteiger charge is -2.20. The van der Waals surface area contributed by atoms with E-state index in [2.05, 4.69) is 0 Å². The number of aliphatic carboxylic acids is 2. The van der Waals surface area contributed by atoms with Crippen LogP contribution in [0.25, 0.3) is 0 Å². The molecule has 0 saturated heterocycles. The van der Waals surface area contributed by atoms with Crippen LogP contribution in [0, 0.1) is 5.92 Å². The van der Waals surface area contributed by atoms with Crippen LogP contribution in [-0.2, 0) is 14.3 Å². The smallest absolute Gasteiger partial charge is 0.303 e. The third kappa shape index (κ3) is 4.01. The molecule has 0 aliphatic carbocycles. The van der Waals surface area contributed by atoms with Crippen molar-refractivity contribution in [2.45, 2.75) is 25.7 Å². The van der Waals surface area contributed by atoms with Crippen LogP contribution in [0.4, 0.5) is 0 Å². The number of hydrogen-bond donors (Lipinski definition) is 2. The first-order valence-electron chi connectivity index (χ1n) is 4.83. The van der Waals surface area contributed by atoms with E-state index in [0.717, 1.165) is 18.4 Å². The predicted octanol–water partition coefficient (Wildman–Crippen LogP) is 1.25. The molecule has 0 radical (unpaired) electrons. The summed E-state index contributed by atoms with van der Waals surface area (Å²) in [6.45, 7) is 0.621. The van der Waals surface area contributed by atoms with Crippen molar-refractivity contribution in [3.05, 3.63) is 11.8 Å². The molecule has 5 heteroatoms. The maximum Gasteiger partial charge on any atom is 0.303 e.